The van der Waals surface area contributed by atoms with Crippen molar-refractivity contribution in [1.29, 1.82) is 0 Å². The number of likely N-dealkylation sites (tertiary alicyclic amines) is 1. The molecule has 0 spiro atoms. The molecule has 1 amide bonds. The highest BCUT2D eigenvalue weighted by atomic mass is 35.5. The van der Waals surface area contributed by atoms with Gasteiger partial charge in [-0.05, 0) is 37.1 Å². The number of aromatic nitrogens is 2. The van der Waals surface area contributed by atoms with Crippen LogP contribution in [0.2, 0.25) is 5.02 Å². The van der Waals surface area contributed by atoms with Crippen molar-refractivity contribution in [3.63, 3.8) is 0 Å². The minimum atomic E-state index is -5.03. The predicted molar refractivity (Wildman–Crippen MR) is 132 cm³/mol. The fourth-order valence-electron chi connectivity index (χ4n) is 4.97. The number of hydrogen-bond donors (Lipinski definition) is 2. The summed E-state index contributed by atoms with van der Waals surface area (Å²) in [6.45, 7) is 0.297. The molecule has 2 aromatic carbocycles. The zero-order valence-electron chi connectivity index (χ0n) is 20.0. The van der Waals surface area contributed by atoms with Crippen molar-refractivity contribution >= 4 is 33.5 Å². The average molecular weight is 584 g/mol. The van der Waals surface area contributed by atoms with Crippen LogP contribution in [0.4, 0.5) is 13.2 Å². The summed E-state index contributed by atoms with van der Waals surface area (Å²) in [7, 11) is -5.01. The van der Waals surface area contributed by atoms with Crippen LogP contribution < -0.4 is 0 Å². The monoisotopic (exact) mass is 583 g/mol. The first-order chi connectivity index (χ1) is 18.3. The van der Waals surface area contributed by atoms with Gasteiger partial charge in [-0.2, -0.15) is 30.8 Å². The van der Waals surface area contributed by atoms with Crippen LogP contribution >= 0.6 is 11.6 Å². The third-order valence-electron chi connectivity index (χ3n) is 6.92. The van der Waals surface area contributed by atoms with Gasteiger partial charge in [-0.25, -0.2) is 4.79 Å². The van der Waals surface area contributed by atoms with Gasteiger partial charge in [-0.15, -0.1) is 0 Å². The molecule has 9 nitrogen and oxygen atoms in total. The van der Waals surface area contributed by atoms with Crippen molar-refractivity contribution in [2.24, 2.45) is 5.92 Å². The van der Waals surface area contributed by atoms with Crippen LogP contribution in [-0.2, 0) is 33.8 Å². The minimum absolute atomic E-state index is 0.0204. The highest BCUT2D eigenvalue weighted by Crippen LogP contribution is 2.41. The smallest absolute Gasteiger partial charge is 0.417 e. The van der Waals surface area contributed by atoms with Gasteiger partial charge in [0.2, 0.25) is 5.91 Å². The summed E-state index contributed by atoms with van der Waals surface area (Å²) in [5.41, 5.74) is -0.494. The number of amides is 1. The van der Waals surface area contributed by atoms with Crippen LogP contribution in [0.3, 0.4) is 0 Å². The molecule has 39 heavy (non-hydrogen) atoms. The molecular weight excluding hydrogens is 563 g/mol. The number of halogens is 4. The molecule has 1 saturated heterocycles. The molecule has 5 rings (SSSR count). The number of aliphatic hydroxyl groups is 1. The van der Waals surface area contributed by atoms with Crippen molar-refractivity contribution in [3.8, 4) is 11.3 Å². The van der Waals surface area contributed by atoms with Crippen molar-refractivity contribution < 1.29 is 41.4 Å². The standard InChI is InChI=1S/C25H21ClF3N3O6S/c26-19-3-1-2-18(25(27,28)29)22(19)39(37,38)32-20-10-15(23(34)31-11-16(33)12-31)8-9-17(20)21(30-32)13-4-6-14(7-5-13)24(35)36/h1-7,15-16,33H,8-12H2,(H,35,36). The zero-order valence-corrected chi connectivity index (χ0v) is 21.6. The summed E-state index contributed by atoms with van der Waals surface area (Å²) in [6, 6.07) is 8.11. The van der Waals surface area contributed by atoms with E-state index in [-0.39, 0.29) is 48.8 Å². The van der Waals surface area contributed by atoms with Crippen LogP contribution in [0, 0.1) is 5.92 Å². The maximum absolute atomic E-state index is 13.8. The Morgan fingerprint density at radius 1 is 1.08 bits per heavy atom. The molecule has 1 aliphatic heterocycles. The molecule has 2 aliphatic rings. The Balaban J connectivity index is 1.66. The van der Waals surface area contributed by atoms with Crippen LogP contribution in [0.5, 0.6) is 0 Å². The van der Waals surface area contributed by atoms with Gasteiger partial charge in [0.05, 0.1) is 33.6 Å². The average Bonchev–Trinajstić information content (AvgIpc) is 3.25. The van der Waals surface area contributed by atoms with Crippen LogP contribution in [-0.4, -0.2) is 63.8 Å². The Morgan fingerprint density at radius 3 is 2.33 bits per heavy atom. The van der Waals surface area contributed by atoms with E-state index in [1.54, 1.807) is 0 Å². The lowest BCUT2D eigenvalue weighted by Gasteiger charge is -2.39. The molecule has 1 aliphatic carbocycles. The second kappa shape index (κ2) is 9.65. The SMILES string of the molecule is O=C(O)c1ccc(-c2nn(S(=O)(=O)c3c(Cl)cccc3C(F)(F)F)c3c2CCC(C(=O)N2CC(O)C2)C3)cc1. The van der Waals surface area contributed by atoms with E-state index in [0.717, 1.165) is 12.1 Å². The molecule has 0 radical (unpaired) electrons. The molecule has 2 N–H and O–H groups in total. The Labute approximate surface area is 225 Å². The molecule has 206 valence electrons. The number of carboxylic acids is 1. The number of carbonyl (C=O) groups is 2. The highest BCUT2D eigenvalue weighted by molar-refractivity contribution is 7.90. The van der Waals surface area contributed by atoms with Gasteiger partial charge in [0.15, 0.2) is 0 Å². The second-order valence-corrected chi connectivity index (χ2v) is 11.6. The summed E-state index contributed by atoms with van der Waals surface area (Å²) >= 11 is 6.02. The maximum atomic E-state index is 13.8. The van der Waals surface area contributed by atoms with E-state index in [0.29, 0.717) is 27.7 Å². The van der Waals surface area contributed by atoms with Crippen molar-refractivity contribution in [1.82, 2.24) is 14.1 Å². The van der Waals surface area contributed by atoms with E-state index >= 15 is 0 Å². The first kappa shape index (κ1) is 27.2. The molecule has 1 unspecified atom stereocenters. The molecule has 1 atom stereocenters. The number of carbonyl (C=O) groups excluding carboxylic acids is 1. The number of nitrogens with zero attached hydrogens (tertiary/aromatic N) is 3. The number of benzene rings is 2. The molecule has 3 aromatic rings. The maximum Gasteiger partial charge on any atom is 0.417 e. The molecule has 0 saturated carbocycles. The number of aromatic carboxylic acids is 1. The van der Waals surface area contributed by atoms with Gasteiger partial charge in [-0.1, -0.05) is 29.8 Å². The normalized spacial score (nSPS) is 18.0. The van der Waals surface area contributed by atoms with Crippen molar-refractivity contribution in [2.75, 3.05) is 13.1 Å². The fraction of sp³-hybridized carbons (Fsp3) is 0.320. The molecular formula is C25H21ClF3N3O6S. The quantitative estimate of drug-likeness (QED) is 0.470. The third-order valence-corrected chi connectivity index (χ3v) is 9.07. The van der Waals surface area contributed by atoms with Gasteiger partial charge in [0, 0.05) is 36.6 Å². The lowest BCUT2D eigenvalue weighted by molar-refractivity contribution is -0.146. The second-order valence-electron chi connectivity index (χ2n) is 9.46. The van der Waals surface area contributed by atoms with Crippen molar-refractivity contribution in [2.45, 2.75) is 36.4 Å². The number of β-amino-alcohol motifs (C(OH)–C–C–N with tert-alkyl or cyclic N) is 1. The summed E-state index contributed by atoms with van der Waals surface area (Å²) in [5.74, 6) is -2.14. The van der Waals surface area contributed by atoms with Gasteiger partial charge in [-0.3, -0.25) is 4.79 Å². The summed E-state index contributed by atoms with van der Waals surface area (Å²) in [5, 5.41) is 22.4. The van der Waals surface area contributed by atoms with Gasteiger partial charge >= 0.3 is 12.1 Å². The predicted octanol–water partition coefficient (Wildman–Crippen LogP) is 3.47. The summed E-state index contributed by atoms with van der Waals surface area (Å²) < 4.78 is 69.7. The topological polar surface area (TPSA) is 130 Å². The summed E-state index contributed by atoms with van der Waals surface area (Å²) in [6.07, 6.45) is -5.27. The Morgan fingerprint density at radius 2 is 1.74 bits per heavy atom. The van der Waals surface area contributed by atoms with Crippen LogP contribution in [0.15, 0.2) is 47.4 Å². The van der Waals surface area contributed by atoms with Crippen LogP contribution in [0.1, 0.15) is 33.6 Å². The Bertz CT molecular complexity index is 1580. The lowest BCUT2D eigenvalue weighted by Crippen LogP contribution is -2.55. The zero-order chi connectivity index (χ0) is 28.3. The van der Waals surface area contributed by atoms with Crippen molar-refractivity contribution in [3.05, 3.63) is 69.9 Å². The fourth-order valence-corrected chi connectivity index (χ4v) is 7.05. The number of rotatable bonds is 5. The van der Waals surface area contributed by atoms with E-state index < -0.39 is 49.7 Å². The first-order valence-electron chi connectivity index (χ1n) is 11.8. The molecule has 1 fully saturated rings. The summed E-state index contributed by atoms with van der Waals surface area (Å²) in [4.78, 5) is 24.5. The van der Waals surface area contributed by atoms with E-state index in [9.17, 15) is 41.4 Å². The number of hydrogen-bond acceptors (Lipinski definition) is 6. The molecule has 1 aromatic heterocycles. The highest BCUT2D eigenvalue weighted by Gasteiger charge is 2.43. The van der Waals surface area contributed by atoms with Gasteiger partial charge < -0.3 is 15.1 Å². The minimum Gasteiger partial charge on any atom is -0.478 e. The number of carboxylic acid groups (broad SMARTS) is 1. The van der Waals surface area contributed by atoms with E-state index in [4.69, 9.17) is 11.6 Å². The first-order valence-corrected chi connectivity index (χ1v) is 13.6. The van der Waals surface area contributed by atoms with E-state index in [1.807, 2.05) is 0 Å². The van der Waals surface area contributed by atoms with Crippen LogP contribution in [0.25, 0.3) is 11.3 Å². The van der Waals surface area contributed by atoms with E-state index in [1.165, 1.54) is 29.2 Å². The number of alkyl halides is 3. The Hall–Kier alpha value is -3.42. The molecule has 0 bridgehead atoms. The molecule has 14 heteroatoms. The third kappa shape index (κ3) is 4.79. The molecule has 2 heterocycles. The lowest BCUT2D eigenvalue weighted by atomic mass is 9.84. The van der Waals surface area contributed by atoms with Gasteiger partial charge in [0.25, 0.3) is 10.0 Å². The number of aliphatic hydroxyl groups excluding tert-OH is 1. The largest absolute Gasteiger partial charge is 0.478 e. The van der Waals surface area contributed by atoms with Gasteiger partial charge in [0.1, 0.15) is 4.90 Å². The van der Waals surface area contributed by atoms with E-state index in [2.05, 4.69) is 5.10 Å². The number of fused-ring (bicyclic) bond motifs is 1. The Kier molecular flexibility index (Phi) is 6.72.